The molecule has 0 saturated carbocycles. The molecule has 2 aromatic carbocycles. The van der Waals surface area contributed by atoms with Gasteiger partial charge in [0.25, 0.3) is 5.91 Å². The SMILES string of the molecule is C[C@@](OC(=O)CNC(=O)c1ccccc1)(C(=O)O)c1ccccc1. The average molecular weight is 327 g/mol. The number of aliphatic carboxylic acids is 1. The summed E-state index contributed by atoms with van der Waals surface area (Å²) in [5.74, 6) is -2.58. The summed E-state index contributed by atoms with van der Waals surface area (Å²) in [4.78, 5) is 35.4. The van der Waals surface area contributed by atoms with Crippen molar-refractivity contribution in [3.8, 4) is 0 Å². The van der Waals surface area contributed by atoms with E-state index in [1.54, 1.807) is 60.7 Å². The molecule has 124 valence electrons. The summed E-state index contributed by atoms with van der Waals surface area (Å²) in [5, 5.41) is 11.8. The lowest BCUT2D eigenvalue weighted by Gasteiger charge is -2.25. The second-order valence-corrected chi connectivity index (χ2v) is 5.23. The number of esters is 1. The molecule has 0 heterocycles. The summed E-state index contributed by atoms with van der Waals surface area (Å²) in [6.07, 6.45) is 0. The minimum absolute atomic E-state index is 0.334. The molecule has 6 heteroatoms. The van der Waals surface area contributed by atoms with E-state index in [1.165, 1.54) is 6.92 Å². The van der Waals surface area contributed by atoms with Crippen molar-refractivity contribution in [2.24, 2.45) is 0 Å². The highest BCUT2D eigenvalue weighted by Crippen LogP contribution is 2.25. The highest BCUT2D eigenvalue weighted by atomic mass is 16.6. The number of carboxylic acid groups (broad SMARTS) is 1. The number of hydrogen-bond donors (Lipinski definition) is 2. The van der Waals surface area contributed by atoms with E-state index in [4.69, 9.17) is 4.74 Å². The van der Waals surface area contributed by atoms with E-state index in [9.17, 15) is 19.5 Å². The molecule has 0 unspecified atom stereocenters. The van der Waals surface area contributed by atoms with Gasteiger partial charge in [-0.05, 0) is 19.1 Å². The summed E-state index contributed by atoms with van der Waals surface area (Å²) in [7, 11) is 0. The molecular weight excluding hydrogens is 310 g/mol. The molecule has 0 aliphatic heterocycles. The molecule has 0 aliphatic rings. The van der Waals surface area contributed by atoms with Gasteiger partial charge < -0.3 is 15.2 Å². The Kier molecular flexibility index (Phi) is 5.31. The van der Waals surface area contributed by atoms with Gasteiger partial charge in [-0.3, -0.25) is 9.59 Å². The van der Waals surface area contributed by atoms with Crippen LogP contribution in [0.1, 0.15) is 22.8 Å². The maximum absolute atomic E-state index is 12.0. The number of benzene rings is 2. The first-order valence-corrected chi connectivity index (χ1v) is 7.27. The minimum Gasteiger partial charge on any atom is -0.478 e. The Labute approximate surface area is 139 Å². The molecule has 2 aromatic rings. The summed E-state index contributed by atoms with van der Waals surface area (Å²) < 4.78 is 5.12. The van der Waals surface area contributed by atoms with Crippen molar-refractivity contribution in [3.63, 3.8) is 0 Å². The van der Waals surface area contributed by atoms with Crippen LogP contribution in [-0.4, -0.2) is 29.5 Å². The van der Waals surface area contributed by atoms with Crippen LogP contribution < -0.4 is 5.32 Å². The third-order valence-corrected chi connectivity index (χ3v) is 3.48. The standard InChI is InChI=1S/C18H17NO5/c1-18(17(22)23,14-10-6-3-7-11-14)24-15(20)12-19-16(21)13-8-4-2-5-9-13/h2-11H,12H2,1H3,(H,19,21)(H,22,23)/t18-/m0/s1. The first kappa shape index (κ1) is 17.2. The molecule has 0 fully saturated rings. The first-order chi connectivity index (χ1) is 11.4. The van der Waals surface area contributed by atoms with Crippen LogP contribution in [0.2, 0.25) is 0 Å². The molecule has 2 rings (SSSR count). The summed E-state index contributed by atoms with van der Waals surface area (Å²) in [6.45, 7) is 0.866. The van der Waals surface area contributed by atoms with Crippen LogP contribution >= 0.6 is 0 Å². The zero-order valence-electron chi connectivity index (χ0n) is 13.1. The lowest BCUT2D eigenvalue weighted by atomic mass is 9.96. The van der Waals surface area contributed by atoms with Crippen LogP contribution in [0.4, 0.5) is 0 Å². The topological polar surface area (TPSA) is 92.7 Å². The highest BCUT2D eigenvalue weighted by Gasteiger charge is 2.39. The number of rotatable bonds is 6. The minimum atomic E-state index is -1.82. The lowest BCUT2D eigenvalue weighted by Crippen LogP contribution is -2.41. The highest BCUT2D eigenvalue weighted by molar-refractivity contribution is 5.96. The van der Waals surface area contributed by atoms with Crippen molar-refractivity contribution >= 4 is 17.8 Å². The number of ether oxygens (including phenoxy) is 1. The Balaban J connectivity index is 2.02. The zero-order valence-corrected chi connectivity index (χ0v) is 13.1. The second-order valence-electron chi connectivity index (χ2n) is 5.23. The third-order valence-electron chi connectivity index (χ3n) is 3.48. The molecule has 0 spiro atoms. The Morgan fingerprint density at radius 1 is 1.00 bits per heavy atom. The van der Waals surface area contributed by atoms with Gasteiger partial charge in [0.2, 0.25) is 5.60 Å². The van der Waals surface area contributed by atoms with Gasteiger partial charge in [0.15, 0.2) is 0 Å². The van der Waals surface area contributed by atoms with E-state index in [1.807, 2.05) is 0 Å². The van der Waals surface area contributed by atoms with E-state index in [2.05, 4.69) is 5.32 Å². The van der Waals surface area contributed by atoms with Gasteiger partial charge in [-0.2, -0.15) is 0 Å². The van der Waals surface area contributed by atoms with Crippen LogP contribution in [0.25, 0.3) is 0 Å². The average Bonchev–Trinajstić information content (AvgIpc) is 2.61. The van der Waals surface area contributed by atoms with Crippen molar-refractivity contribution in [1.82, 2.24) is 5.32 Å². The molecule has 6 nitrogen and oxygen atoms in total. The predicted octanol–water partition coefficient (Wildman–Crippen LogP) is 1.96. The lowest BCUT2D eigenvalue weighted by molar-refractivity contribution is -0.177. The monoisotopic (exact) mass is 327 g/mol. The Morgan fingerprint density at radius 3 is 2.08 bits per heavy atom. The van der Waals surface area contributed by atoms with Gasteiger partial charge in [0.05, 0.1) is 0 Å². The van der Waals surface area contributed by atoms with Gasteiger partial charge in [0, 0.05) is 11.1 Å². The summed E-state index contributed by atoms with van der Waals surface area (Å²) >= 11 is 0. The van der Waals surface area contributed by atoms with Crippen molar-refractivity contribution < 1.29 is 24.2 Å². The van der Waals surface area contributed by atoms with Crippen LogP contribution in [0, 0.1) is 0 Å². The van der Waals surface area contributed by atoms with Crippen molar-refractivity contribution in [2.75, 3.05) is 6.54 Å². The second kappa shape index (κ2) is 7.41. The third kappa shape index (κ3) is 3.98. The molecule has 0 bridgehead atoms. The number of amides is 1. The van der Waals surface area contributed by atoms with Crippen LogP contribution in [0.5, 0.6) is 0 Å². The van der Waals surface area contributed by atoms with Crippen molar-refractivity contribution in [3.05, 3.63) is 71.8 Å². The number of hydrogen-bond acceptors (Lipinski definition) is 4. The number of carbonyl (C=O) groups is 3. The molecule has 0 saturated heterocycles. The zero-order chi connectivity index (χ0) is 17.6. The Morgan fingerprint density at radius 2 is 1.54 bits per heavy atom. The number of nitrogens with one attached hydrogen (secondary N) is 1. The summed E-state index contributed by atoms with van der Waals surface area (Å²) in [6, 6.07) is 16.5. The largest absolute Gasteiger partial charge is 0.478 e. The number of carbonyl (C=O) groups excluding carboxylic acids is 2. The Bertz CT molecular complexity index is 730. The van der Waals surface area contributed by atoms with Crippen molar-refractivity contribution in [2.45, 2.75) is 12.5 Å². The summed E-state index contributed by atoms with van der Waals surface area (Å²) in [5.41, 5.74) is -1.09. The maximum Gasteiger partial charge on any atom is 0.352 e. The normalized spacial score (nSPS) is 12.7. The van der Waals surface area contributed by atoms with Gasteiger partial charge in [0.1, 0.15) is 6.54 Å². The molecule has 24 heavy (non-hydrogen) atoms. The molecule has 1 amide bonds. The van der Waals surface area contributed by atoms with E-state index in [0.29, 0.717) is 11.1 Å². The Hall–Kier alpha value is -3.15. The fourth-order valence-electron chi connectivity index (χ4n) is 2.09. The van der Waals surface area contributed by atoms with E-state index >= 15 is 0 Å². The van der Waals surface area contributed by atoms with E-state index < -0.39 is 30.0 Å². The van der Waals surface area contributed by atoms with E-state index in [0.717, 1.165) is 0 Å². The van der Waals surface area contributed by atoms with Crippen LogP contribution in [0.3, 0.4) is 0 Å². The van der Waals surface area contributed by atoms with Gasteiger partial charge in [-0.25, -0.2) is 4.79 Å². The molecule has 0 radical (unpaired) electrons. The van der Waals surface area contributed by atoms with Crippen molar-refractivity contribution in [1.29, 1.82) is 0 Å². The molecular formula is C18H17NO5. The fourth-order valence-corrected chi connectivity index (χ4v) is 2.09. The molecule has 0 aliphatic carbocycles. The fraction of sp³-hybridized carbons (Fsp3) is 0.167. The number of carboxylic acids is 1. The smallest absolute Gasteiger partial charge is 0.352 e. The van der Waals surface area contributed by atoms with E-state index in [-0.39, 0.29) is 0 Å². The van der Waals surface area contributed by atoms with Crippen LogP contribution in [-0.2, 0) is 19.9 Å². The van der Waals surface area contributed by atoms with Crippen LogP contribution in [0.15, 0.2) is 60.7 Å². The maximum atomic E-state index is 12.0. The molecule has 1 atom stereocenters. The molecule has 0 aromatic heterocycles. The quantitative estimate of drug-likeness (QED) is 0.791. The van der Waals surface area contributed by atoms with Gasteiger partial charge in [-0.1, -0.05) is 48.5 Å². The molecule has 2 N–H and O–H groups in total. The predicted molar refractivity (Wildman–Crippen MR) is 86.3 cm³/mol. The first-order valence-electron chi connectivity index (χ1n) is 7.27. The van der Waals surface area contributed by atoms with Gasteiger partial charge >= 0.3 is 11.9 Å². The van der Waals surface area contributed by atoms with Gasteiger partial charge in [-0.15, -0.1) is 0 Å².